The van der Waals surface area contributed by atoms with Gasteiger partial charge in [0, 0.05) is 81.0 Å². The largest absolute Gasteiger partial charge is 0.393 e. The highest BCUT2D eigenvalue weighted by atomic mass is 35.5. The normalized spacial score (nSPS) is 20.7. The van der Waals surface area contributed by atoms with E-state index in [1.807, 2.05) is 60.7 Å². The summed E-state index contributed by atoms with van der Waals surface area (Å²) in [6.45, 7) is 2.53. The van der Waals surface area contributed by atoms with E-state index in [4.69, 9.17) is 151 Å². The number of aliphatic hydroxyl groups excluding tert-OH is 2. The first-order valence-electron chi connectivity index (χ1n) is 36.3. The summed E-state index contributed by atoms with van der Waals surface area (Å²) in [5.41, 5.74) is 11.6. The lowest BCUT2D eigenvalue weighted by molar-refractivity contribution is -0.135. The highest BCUT2D eigenvalue weighted by molar-refractivity contribution is 6.41. The number of carbonyl (C=O) groups is 1. The number of halogens is 9. The van der Waals surface area contributed by atoms with Crippen molar-refractivity contribution >= 4 is 110 Å². The van der Waals surface area contributed by atoms with Gasteiger partial charge < -0.3 is 52.0 Å². The Balaban J connectivity index is 0.000000115. The molecule has 8 aliphatic carbocycles. The van der Waals surface area contributed by atoms with Crippen molar-refractivity contribution < 1.29 is 56.8 Å². The van der Waals surface area contributed by atoms with Gasteiger partial charge in [0.1, 0.15) is 51.6 Å². The average Bonchev–Trinajstić information content (AvgIpc) is 1.64. The number of benzene rings is 6. The Bertz CT molecular complexity index is 4570. The minimum absolute atomic E-state index is 0.000907. The summed E-state index contributed by atoms with van der Waals surface area (Å²) in [5.74, 6) is 5.85. The van der Waals surface area contributed by atoms with E-state index in [1.54, 1.807) is 48.5 Å². The molecule has 0 aliphatic heterocycles. The number of hydrogen-bond donors (Lipinski definition) is 2. The number of ketones is 1. The van der Waals surface area contributed by atoms with Crippen LogP contribution in [0, 0.1) is 0 Å². The van der Waals surface area contributed by atoms with E-state index in [9.17, 15) is 9.90 Å². The van der Waals surface area contributed by atoms with Crippen LogP contribution in [0.5, 0.6) is 0 Å². The van der Waals surface area contributed by atoms with Gasteiger partial charge in [0.25, 0.3) is 0 Å². The Labute approximate surface area is 665 Å². The van der Waals surface area contributed by atoms with Crippen LogP contribution < -0.4 is 0 Å². The molecule has 0 saturated heterocycles. The van der Waals surface area contributed by atoms with Crippen LogP contribution >= 0.6 is 104 Å². The zero-order valence-corrected chi connectivity index (χ0v) is 65.1. The molecule has 18 rings (SSSR count). The molecule has 25 heteroatoms. The predicted octanol–water partition coefficient (Wildman–Crippen LogP) is 23.1. The molecule has 0 radical (unpaired) electrons. The molecule has 0 bridgehead atoms. The van der Waals surface area contributed by atoms with Gasteiger partial charge in [0.15, 0.2) is 0 Å². The summed E-state index contributed by atoms with van der Waals surface area (Å²) in [7, 11) is 0. The molecule has 16 nitrogen and oxygen atoms in total. The van der Waals surface area contributed by atoms with Gasteiger partial charge in [-0.3, -0.25) is 4.79 Å². The molecule has 562 valence electrons. The summed E-state index contributed by atoms with van der Waals surface area (Å²) >= 11 is 56.5. The van der Waals surface area contributed by atoms with Crippen LogP contribution in [0.25, 0.3) is 45.0 Å². The van der Waals surface area contributed by atoms with Crippen LogP contribution in [0.2, 0.25) is 40.2 Å². The fraction of sp³-hybridized carbons (Fsp3) is 0.402. The number of nitrogens with zero attached hydrogens (tertiary/aromatic N) is 4. The fourth-order valence-electron chi connectivity index (χ4n) is 13.1. The number of alkyl halides is 1. The molecular weight excluding hydrogens is 1550 g/mol. The van der Waals surface area contributed by atoms with E-state index < -0.39 is 0 Å². The Morgan fingerprint density at radius 2 is 0.579 bits per heavy atom. The minimum atomic E-state index is -0.233. The van der Waals surface area contributed by atoms with Crippen molar-refractivity contribution in [1.82, 2.24) is 20.6 Å². The fourth-order valence-corrected chi connectivity index (χ4v) is 15.6. The molecule has 10 aromatic rings. The van der Waals surface area contributed by atoms with E-state index >= 15 is 0 Å². The van der Waals surface area contributed by atoms with Crippen molar-refractivity contribution in [1.29, 1.82) is 0 Å². The van der Waals surface area contributed by atoms with Gasteiger partial charge in [0.05, 0.1) is 122 Å². The van der Waals surface area contributed by atoms with Crippen molar-refractivity contribution in [2.24, 2.45) is 0 Å². The molecule has 2 N–H and O–H groups in total. The molecule has 8 fully saturated rings. The highest BCUT2D eigenvalue weighted by Crippen LogP contribution is 2.51. The van der Waals surface area contributed by atoms with Crippen molar-refractivity contribution in [2.45, 2.75) is 208 Å². The maximum absolute atomic E-state index is 11.1. The molecule has 0 unspecified atom stereocenters. The first-order valence-corrected chi connectivity index (χ1v) is 39.9. The van der Waals surface area contributed by atoms with E-state index in [1.165, 1.54) is 11.1 Å². The lowest BCUT2D eigenvalue weighted by atomic mass is 9.91. The summed E-state index contributed by atoms with van der Waals surface area (Å²) < 4.78 is 51.8. The Hall–Kier alpha value is -5.84. The van der Waals surface area contributed by atoms with Gasteiger partial charge in [-0.1, -0.05) is 198 Å². The van der Waals surface area contributed by atoms with Crippen LogP contribution in [0.3, 0.4) is 0 Å². The topological polar surface area (TPSA) is 208 Å². The zero-order valence-electron chi connectivity index (χ0n) is 58.3. The summed E-state index contributed by atoms with van der Waals surface area (Å²) in [6.07, 6.45) is 15.1. The number of rotatable bonds is 24. The smallest absolute Gasteiger partial charge is 0.145 e. The summed E-state index contributed by atoms with van der Waals surface area (Å²) in [6, 6.07) is 42.0. The van der Waals surface area contributed by atoms with Crippen molar-refractivity contribution in [3.8, 4) is 45.0 Å². The second-order valence-electron chi connectivity index (χ2n) is 28.4. The van der Waals surface area contributed by atoms with E-state index in [0.717, 1.165) is 122 Å². The van der Waals surface area contributed by atoms with Crippen LogP contribution in [-0.4, -0.2) is 79.4 Å². The van der Waals surface area contributed by atoms with Gasteiger partial charge >= 0.3 is 0 Å². The predicted molar refractivity (Wildman–Crippen MR) is 415 cm³/mol. The van der Waals surface area contributed by atoms with Crippen molar-refractivity contribution in [3.63, 3.8) is 0 Å². The van der Waals surface area contributed by atoms with E-state index in [0.29, 0.717) is 173 Å². The lowest BCUT2D eigenvalue weighted by Crippen LogP contribution is -2.37. The lowest BCUT2D eigenvalue weighted by Gasteiger charge is -2.35. The van der Waals surface area contributed by atoms with Crippen molar-refractivity contribution in [2.75, 3.05) is 0 Å². The number of hydrogen-bond acceptors (Lipinski definition) is 16. The van der Waals surface area contributed by atoms with Crippen LogP contribution in [0.15, 0.2) is 152 Å². The number of aliphatic hydroxyl groups is 2. The summed E-state index contributed by atoms with van der Waals surface area (Å²) in [5, 5.41) is 39.7. The van der Waals surface area contributed by atoms with Crippen LogP contribution in [0.4, 0.5) is 0 Å². The van der Waals surface area contributed by atoms with Gasteiger partial charge in [-0.15, -0.1) is 11.6 Å². The molecule has 8 aliphatic rings. The average molecular weight is 1630 g/mol. The first-order chi connectivity index (χ1) is 52.0. The first kappa shape index (κ1) is 77.9. The van der Waals surface area contributed by atoms with Gasteiger partial charge in [-0.2, -0.15) is 0 Å². The molecule has 4 aromatic heterocycles. The maximum atomic E-state index is 11.1. The zero-order chi connectivity index (χ0) is 74.2. The SMILES string of the molecule is ClCc1c(-c2c(Cl)cccc2Cl)noc1C1CC1.Clc1cccc(Cl)c1-c1noc(C2CC2)c1COC1CC(OCc2ccccc2)C1.O=C1CC(OCc2c(-c3c(Cl)cccc3Cl)noc2C2CC2)C1.OC1CC(OCc2c(-c3c(Cl)cccc3Cl)noc2C2CC2)C1.OC1CC(OCc2ccccc2)C1. The maximum Gasteiger partial charge on any atom is 0.145 e. The van der Waals surface area contributed by atoms with E-state index in [2.05, 4.69) is 44.9 Å². The third kappa shape index (κ3) is 19.7. The van der Waals surface area contributed by atoms with Crippen molar-refractivity contribution in [3.05, 3.63) is 230 Å². The number of aromatic nitrogens is 4. The quantitative estimate of drug-likeness (QED) is 0.0539. The molecule has 0 atom stereocenters. The molecule has 0 spiro atoms. The molecule has 4 heterocycles. The number of ether oxygens (including phenoxy) is 5. The van der Waals surface area contributed by atoms with E-state index in [-0.39, 0.29) is 48.5 Å². The number of carbonyl (C=O) groups excluding carboxylic acids is 1. The highest BCUT2D eigenvalue weighted by Gasteiger charge is 2.40. The molecule has 107 heavy (non-hydrogen) atoms. The monoisotopic (exact) mass is 1630 g/mol. The standard InChI is InChI=1S/C24H23Cl2NO3.C17H17Cl2NO3.C17H15Cl2NO3.C13H10Cl3NO.C11H14O2/c25-20-7-4-8-21(26)22(20)23-19(24(30-27-23)16-9-10-16)14-29-18-11-17(12-18)28-13-15-5-2-1-3-6-15;2*18-13-2-1-3-14(19)15(13)16-12(8-22-11-6-10(21)7-11)17(23-20-16)9-4-5-9;14-6-8-12(17-18-13(8)7-4-5-7)11-9(15)2-1-3-10(11)16;12-10-6-11(7-10)13-8-9-4-2-1-3-5-9/h1-8,16-18H,9-14H2;1-3,9-11,21H,4-8H2;1-3,9,11H,4-8H2;1-3,7H,4-6H2;1-5,10-12H,6-8H2. The molecule has 8 saturated carbocycles. The van der Waals surface area contributed by atoms with Crippen LogP contribution in [-0.2, 0) is 67.4 Å². The Morgan fingerprint density at radius 3 is 0.841 bits per heavy atom. The third-order valence-corrected chi connectivity index (χ3v) is 22.9. The summed E-state index contributed by atoms with van der Waals surface area (Å²) in [4.78, 5) is 11.1. The van der Waals surface area contributed by atoms with Crippen LogP contribution in [0.1, 0.15) is 183 Å². The Kier molecular flexibility index (Phi) is 26.3. The second kappa shape index (κ2) is 36.1. The minimum Gasteiger partial charge on any atom is -0.393 e. The third-order valence-electron chi connectivity index (χ3n) is 20.1. The number of Topliss-reactive ketones (excluding diaryl/α,β-unsaturated/α-hetero) is 1. The van der Waals surface area contributed by atoms with Gasteiger partial charge in [-0.05, 0) is 150 Å². The molecule has 6 aromatic carbocycles. The Morgan fingerprint density at radius 1 is 0.327 bits per heavy atom. The van der Waals surface area contributed by atoms with Gasteiger partial charge in [-0.25, -0.2) is 0 Å². The second-order valence-corrected chi connectivity index (χ2v) is 31.9. The van der Waals surface area contributed by atoms with Gasteiger partial charge in [0.2, 0.25) is 0 Å². The molecule has 0 amide bonds. The molecular formula is C82H79Cl9N4O12.